The molecule has 0 bridgehead atoms. The van der Waals surface area contributed by atoms with E-state index in [1.165, 1.54) is 0 Å². The van der Waals surface area contributed by atoms with Gasteiger partial charge in [0, 0.05) is 35.4 Å². The lowest BCUT2D eigenvalue weighted by Crippen LogP contribution is -2.49. The van der Waals surface area contributed by atoms with Gasteiger partial charge in [-0.15, -0.1) is 11.8 Å². The van der Waals surface area contributed by atoms with Crippen molar-refractivity contribution in [2.24, 2.45) is 0 Å². The van der Waals surface area contributed by atoms with Crippen molar-refractivity contribution in [1.29, 1.82) is 0 Å². The van der Waals surface area contributed by atoms with Gasteiger partial charge in [-0.3, -0.25) is 9.59 Å². The molecule has 2 amide bonds. The normalized spacial score (nSPS) is 16.8. The minimum absolute atomic E-state index is 0.0519. The Balaban J connectivity index is 1.98. The Bertz CT molecular complexity index is 528. The fraction of sp³-hybridized carbons (Fsp3) is 0.529. The molecule has 1 aliphatic heterocycles. The summed E-state index contributed by atoms with van der Waals surface area (Å²) in [5, 5.41) is 5.40. The molecule has 1 fully saturated rings. The maximum Gasteiger partial charge on any atom is 0.309 e. The third-order valence-corrected chi connectivity index (χ3v) is 5.17. The first-order valence-corrected chi connectivity index (χ1v) is 8.73. The number of carbonyl (C=O) groups excluding carboxylic acids is 2. The Hall–Kier alpha value is -1.53. The number of ether oxygens (including phenoxy) is 1. The van der Waals surface area contributed by atoms with Crippen LogP contribution in [-0.4, -0.2) is 42.4 Å². The molecule has 0 aromatic heterocycles. The average molecular weight is 336 g/mol. The third-order valence-electron chi connectivity index (χ3n) is 3.68. The topological polar surface area (TPSA) is 67.4 Å². The van der Waals surface area contributed by atoms with E-state index in [-0.39, 0.29) is 10.8 Å². The van der Waals surface area contributed by atoms with E-state index in [0.717, 1.165) is 17.7 Å². The zero-order valence-electron chi connectivity index (χ0n) is 13.6. The van der Waals surface area contributed by atoms with Gasteiger partial charge < -0.3 is 15.4 Å². The van der Waals surface area contributed by atoms with Gasteiger partial charge >= 0.3 is 11.8 Å². The van der Waals surface area contributed by atoms with Crippen LogP contribution in [-0.2, 0) is 14.3 Å². The van der Waals surface area contributed by atoms with Gasteiger partial charge in [-0.25, -0.2) is 0 Å². The smallest absolute Gasteiger partial charge is 0.309 e. The van der Waals surface area contributed by atoms with Crippen LogP contribution in [0.2, 0.25) is 0 Å². The zero-order chi connectivity index (χ0) is 16.7. The summed E-state index contributed by atoms with van der Waals surface area (Å²) < 4.78 is 5.33. The average Bonchev–Trinajstić information content (AvgIpc) is 2.54. The lowest BCUT2D eigenvalue weighted by molar-refractivity contribution is -0.139. The number of hydrogen-bond acceptors (Lipinski definition) is 4. The second-order valence-electron chi connectivity index (χ2n) is 6.02. The first-order chi connectivity index (χ1) is 11.0. The van der Waals surface area contributed by atoms with E-state index in [4.69, 9.17) is 4.74 Å². The molecule has 2 rings (SSSR count). The predicted molar refractivity (Wildman–Crippen MR) is 91.4 cm³/mol. The summed E-state index contributed by atoms with van der Waals surface area (Å²) in [5.41, 5.74) is 0. The van der Waals surface area contributed by atoms with Crippen LogP contribution in [0.3, 0.4) is 0 Å². The molecule has 0 aliphatic carbocycles. The molecular weight excluding hydrogens is 312 g/mol. The van der Waals surface area contributed by atoms with E-state index in [9.17, 15) is 9.59 Å². The summed E-state index contributed by atoms with van der Waals surface area (Å²) in [6, 6.07) is 10.1. The zero-order valence-corrected chi connectivity index (χ0v) is 14.4. The molecule has 5 nitrogen and oxygen atoms in total. The van der Waals surface area contributed by atoms with Crippen LogP contribution in [0, 0.1) is 0 Å². The second-order valence-corrected chi connectivity index (χ2v) is 7.56. The number of amides is 2. The standard InChI is InChI=1S/C17H24N2O3S/c1-13(2)19-16(21)15(20)18-12-17(8-10-22-11-9-17)23-14-6-4-3-5-7-14/h3-7,13H,8-12H2,1-2H3,(H,18,20)(H,19,21). The monoisotopic (exact) mass is 336 g/mol. The van der Waals surface area contributed by atoms with Crippen molar-refractivity contribution in [3.05, 3.63) is 30.3 Å². The van der Waals surface area contributed by atoms with E-state index in [0.29, 0.717) is 19.8 Å². The maximum absolute atomic E-state index is 12.0. The molecule has 1 aliphatic rings. The van der Waals surface area contributed by atoms with E-state index >= 15 is 0 Å². The van der Waals surface area contributed by atoms with Crippen LogP contribution >= 0.6 is 11.8 Å². The van der Waals surface area contributed by atoms with Gasteiger partial charge in [0.25, 0.3) is 0 Å². The molecule has 23 heavy (non-hydrogen) atoms. The number of benzene rings is 1. The Morgan fingerprint density at radius 3 is 2.43 bits per heavy atom. The highest BCUT2D eigenvalue weighted by Crippen LogP contribution is 2.39. The molecule has 6 heteroatoms. The molecule has 1 saturated heterocycles. The summed E-state index contributed by atoms with van der Waals surface area (Å²) in [6.07, 6.45) is 1.69. The van der Waals surface area contributed by atoms with Crippen molar-refractivity contribution >= 4 is 23.6 Å². The molecule has 0 unspecified atom stereocenters. The van der Waals surface area contributed by atoms with Gasteiger partial charge in [-0.2, -0.15) is 0 Å². The summed E-state index contributed by atoms with van der Waals surface area (Å²) >= 11 is 1.75. The van der Waals surface area contributed by atoms with Crippen LogP contribution in [0.15, 0.2) is 35.2 Å². The quantitative estimate of drug-likeness (QED) is 0.807. The summed E-state index contributed by atoms with van der Waals surface area (Å²) in [7, 11) is 0. The van der Waals surface area contributed by atoms with Crippen molar-refractivity contribution < 1.29 is 14.3 Å². The summed E-state index contributed by atoms with van der Waals surface area (Å²) in [4.78, 5) is 24.8. The molecule has 0 radical (unpaired) electrons. The summed E-state index contributed by atoms with van der Waals surface area (Å²) in [5.74, 6) is -1.15. The fourth-order valence-corrected chi connectivity index (χ4v) is 3.75. The Labute approximate surface area is 141 Å². The van der Waals surface area contributed by atoms with Gasteiger partial charge in [0.1, 0.15) is 0 Å². The Morgan fingerprint density at radius 2 is 1.83 bits per heavy atom. The van der Waals surface area contributed by atoms with Crippen molar-refractivity contribution in [2.45, 2.75) is 42.4 Å². The van der Waals surface area contributed by atoms with Gasteiger partial charge in [0.05, 0.1) is 0 Å². The van der Waals surface area contributed by atoms with Crippen molar-refractivity contribution in [2.75, 3.05) is 19.8 Å². The molecule has 0 saturated carbocycles. The van der Waals surface area contributed by atoms with Crippen LogP contribution in [0.4, 0.5) is 0 Å². The number of nitrogens with one attached hydrogen (secondary N) is 2. The second kappa shape index (κ2) is 8.36. The molecular formula is C17H24N2O3S. The van der Waals surface area contributed by atoms with E-state index < -0.39 is 11.8 Å². The van der Waals surface area contributed by atoms with Gasteiger partial charge in [0.15, 0.2) is 0 Å². The highest BCUT2D eigenvalue weighted by Gasteiger charge is 2.34. The van der Waals surface area contributed by atoms with Crippen LogP contribution in [0.25, 0.3) is 0 Å². The van der Waals surface area contributed by atoms with Gasteiger partial charge in [-0.1, -0.05) is 18.2 Å². The van der Waals surface area contributed by atoms with E-state index in [1.54, 1.807) is 11.8 Å². The molecule has 126 valence electrons. The van der Waals surface area contributed by atoms with Crippen LogP contribution in [0.5, 0.6) is 0 Å². The highest BCUT2D eigenvalue weighted by molar-refractivity contribution is 8.00. The first-order valence-electron chi connectivity index (χ1n) is 7.91. The Kier molecular flexibility index (Phi) is 6.47. The fourth-order valence-electron chi connectivity index (χ4n) is 2.45. The predicted octanol–water partition coefficient (Wildman–Crippen LogP) is 1.97. The molecule has 2 N–H and O–H groups in total. The number of carbonyl (C=O) groups is 2. The maximum atomic E-state index is 12.0. The molecule has 1 aromatic carbocycles. The van der Waals surface area contributed by atoms with Crippen molar-refractivity contribution in [3.8, 4) is 0 Å². The number of hydrogen-bond donors (Lipinski definition) is 2. The lowest BCUT2D eigenvalue weighted by Gasteiger charge is -2.36. The van der Waals surface area contributed by atoms with Crippen LogP contribution in [0.1, 0.15) is 26.7 Å². The van der Waals surface area contributed by atoms with Crippen molar-refractivity contribution in [3.63, 3.8) is 0 Å². The number of thioether (sulfide) groups is 1. The van der Waals surface area contributed by atoms with Gasteiger partial charge in [0.2, 0.25) is 0 Å². The van der Waals surface area contributed by atoms with Gasteiger partial charge in [-0.05, 0) is 38.8 Å². The molecule has 0 atom stereocenters. The van der Waals surface area contributed by atoms with E-state index in [1.807, 2.05) is 32.0 Å². The lowest BCUT2D eigenvalue weighted by atomic mass is 9.99. The van der Waals surface area contributed by atoms with Crippen LogP contribution < -0.4 is 10.6 Å². The van der Waals surface area contributed by atoms with E-state index in [2.05, 4.69) is 22.8 Å². The molecule has 1 heterocycles. The molecule has 1 aromatic rings. The third kappa shape index (κ3) is 5.55. The Morgan fingerprint density at radius 1 is 1.17 bits per heavy atom. The SMILES string of the molecule is CC(C)NC(=O)C(=O)NCC1(Sc2ccccc2)CCOCC1. The first kappa shape index (κ1) is 17.8. The highest BCUT2D eigenvalue weighted by atomic mass is 32.2. The summed E-state index contributed by atoms with van der Waals surface area (Å²) in [6.45, 7) is 5.47. The largest absolute Gasteiger partial charge is 0.381 e. The van der Waals surface area contributed by atoms with Crippen molar-refractivity contribution in [1.82, 2.24) is 10.6 Å². The molecule has 0 spiro atoms. The number of rotatable bonds is 5. The minimum atomic E-state index is -0.577. The minimum Gasteiger partial charge on any atom is -0.381 e.